The van der Waals surface area contributed by atoms with Gasteiger partial charge in [0.2, 0.25) is 0 Å². The molecule has 1 rings (SSSR count). The summed E-state index contributed by atoms with van der Waals surface area (Å²) in [7, 11) is 0. The van der Waals surface area contributed by atoms with Crippen LogP contribution in [-0.4, -0.2) is 22.2 Å². The number of hydrogen-bond acceptors (Lipinski definition) is 2. The van der Waals surface area contributed by atoms with E-state index in [-0.39, 0.29) is 0 Å². The maximum atomic E-state index is 10.8. The highest BCUT2D eigenvalue weighted by Crippen LogP contribution is 2.13. The number of benzene rings is 1. The van der Waals surface area contributed by atoms with Gasteiger partial charge >= 0.3 is 11.9 Å². The third kappa shape index (κ3) is 3.77. The second kappa shape index (κ2) is 5.86. The third-order valence-electron chi connectivity index (χ3n) is 1.90. The molecule has 4 nitrogen and oxygen atoms in total. The van der Waals surface area contributed by atoms with Gasteiger partial charge in [-0.25, -0.2) is 9.59 Å². The van der Waals surface area contributed by atoms with Crippen molar-refractivity contribution in [3.8, 4) is 0 Å². The first-order valence-electron chi connectivity index (χ1n) is 4.62. The fraction of sp³-hybridized carbons (Fsp3) is 0. The largest absolute Gasteiger partial charge is 0.478 e. The van der Waals surface area contributed by atoms with Crippen LogP contribution < -0.4 is 0 Å². The molecular weight excluding hydrogens is 244 g/mol. The highest BCUT2D eigenvalue weighted by atomic mass is 35.5. The van der Waals surface area contributed by atoms with Crippen LogP contribution in [0.4, 0.5) is 0 Å². The summed E-state index contributed by atoms with van der Waals surface area (Å²) in [6.45, 7) is 0. The van der Waals surface area contributed by atoms with Crippen molar-refractivity contribution in [3.63, 3.8) is 0 Å². The van der Waals surface area contributed by atoms with Crippen LogP contribution in [0.1, 0.15) is 5.56 Å². The minimum Gasteiger partial charge on any atom is -0.478 e. The Morgan fingerprint density at radius 3 is 2.12 bits per heavy atom. The van der Waals surface area contributed by atoms with E-state index in [4.69, 9.17) is 21.8 Å². The maximum absolute atomic E-state index is 10.8. The van der Waals surface area contributed by atoms with Crippen LogP contribution >= 0.6 is 11.6 Å². The van der Waals surface area contributed by atoms with Crippen LogP contribution in [0.25, 0.3) is 6.08 Å². The number of carboxylic acid groups (broad SMARTS) is 2. The molecule has 88 valence electrons. The first-order valence-corrected chi connectivity index (χ1v) is 4.99. The molecule has 0 aromatic heterocycles. The molecule has 0 atom stereocenters. The number of rotatable bonds is 4. The lowest BCUT2D eigenvalue weighted by Gasteiger charge is -1.97. The van der Waals surface area contributed by atoms with Crippen molar-refractivity contribution in [2.75, 3.05) is 0 Å². The van der Waals surface area contributed by atoms with Gasteiger partial charge in [-0.2, -0.15) is 0 Å². The van der Waals surface area contributed by atoms with Gasteiger partial charge in [0.05, 0.1) is 5.57 Å². The Bertz CT molecular complexity index is 488. The Labute approximate surface area is 102 Å². The van der Waals surface area contributed by atoms with E-state index < -0.39 is 22.5 Å². The Kier molecular flexibility index (Phi) is 4.48. The number of halogens is 1. The van der Waals surface area contributed by atoms with Gasteiger partial charge in [-0.15, -0.1) is 0 Å². The Hall–Kier alpha value is -2.07. The number of hydrogen-bond donors (Lipinski definition) is 2. The van der Waals surface area contributed by atoms with Crippen LogP contribution in [0.5, 0.6) is 0 Å². The summed E-state index contributed by atoms with van der Waals surface area (Å²) in [5.74, 6) is -2.86. The molecule has 0 bridgehead atoms. The monoisotopic (exact) mass is 252 g/mol. The first kappa shape index (κ1) is 13.0. The summed E-state index contributed by atoms with van der Waals surface area (Å²) in [5, 5.41) is 16.7. The molecule has 0 aliphatic carbocycles. The van der Waals surface area contributed by atoms with E-state index in [1.165, 1.54) is 6.08 Å². The smallest absolute Gasteiger partial charge is 0.348 e. The zero-order valence-electron chi connectivity index (χ0n) is 8.63. The number of aliphatic carboxylic acids is 2. The summed E-state index contributed by atoms with van der Waals surface area (Å²) in [5.41, 5.74) is 0.295. The van der Waals surface area contributed by atoms with Gasteiger partial charge in [0, 0.05) is 0 Å². The van der Waals surface area contributed by atoms with E-state index in [1.807, 2.05) is 6.07 Å². The van der Waals surface area contributed by atoms with Gasteiger partial charge in [-0.3, -0.25) is 0 Å². The lowest BCUT2D eigenvalue weighted by molar-refractivity contribution is -0.135. The van der Waals surface area contributed by atoms with Gasteiger partial charge in [-0.05, 0) is 11.6 Å². The molecule has 0 fully saturated rings. The van der Waals surface area contributed by atoms with Crippen LogP contribution in [0, 0.1) is 0 Å². The van der Waals surface area contributed by atoms with Crippen molar-refractivity contribution in [2.24, 2.45) is 0 Å². The van der Waals surface area contributed by atoms with E-state index in [9.17, 15) is 9.59 Å². The SMILES string of the molecule is O=C(O)C(Cl)=C(C=Cc1ccccc1)C(=O)O. The minimum absolute atomic E-state index is 0.456. The maximum Gasteiger partial charge on any atom is 0.348 e. The molecule has 1 aromatic carbocycles. The summed E-state index contributed by atoms with van der Waals surface area (Å²) < 4.78 is 0. The van der Waals surface area contributed by atoms with Crippen LogP contribution in [0.2, 0.25) is 0 Å². The van der Waals surface area contributed by atoms with Crippen LogP contribution in [0.15, 0.2) is 47.0 Å². The van der Waals surface area contributed by atoms with Gasteiger partial charge < -0.3 is 10.2 Å². The quantitative estimate of drug-likeness (QED) is 0.637. The lowest BCUT2D eigenvalue weighted by atomic mass is 10.1. The zero-order chi connectivity index (χ0) is 12.8. The van der Waals surface area contributed by atoms with Crippen molar-refractivity contribution in [3.05, 3.63) is 52.6 Å². The molecule has 2 N–H and O–H groups in total. The molecule has 0 unspecified atom stereocenters. The molecule has 0 saturated carbocycles. The number of carbonyl (C=O) groups is 2. The van der Waals surface area contributed by atoms with Crippen molar-refractivity contribution < 1.29 is 19.8 Å². The normalized spacial score (nSPS) is 12.3. The molecule has 0 amide bonds. The predicted molar refractivity (Wildman–Crippen MR) is 63.6 cm³/mol. The van der Waals surface area contributed by atoms with E-state index in [2.05, 4.69) is 0 Å². The van der Waals surface area contributed by atoms with Gasteiger partial charge in [0.15, 0.2) is 0 Å². The molecule has 0 saturated heterocycles. The van der Waals surface area contributed by atoms with Crippen molar-refractivity contribution in [1.29, 1.82) is 0 Å². The zero-order valence-corrected chi connectivity index (χ0v) is 9.39. The van der Waals surface area contributed by atoms with Crippen LogP contribution in [0.3, 0.4) is 0 Å². The van der Waals surface area contributed by atoms with Gasteiger partial charge in [-0.1, -0.05) is 48.0 Å². The lowest BCUT2D eigenvalue weighted by Crippen LogP contribution is -2.05. The molecule has 5 heteroatoms. The average molecular weight is 253 g/mol. The Morgan fingerprint density at radius 1 is 1.06 bits per heavy atom. The second-order valence-corrected chi connectivity index (χ2v) is 3.46. The first-order chi connectivity index (χ1) is 8.02. The van der Waals surface area contributed by atoms with Crippen molar-refractivity contribution >= 4 is 29.6 Å². The van der Waals surface area contributed by atoms with E-state index in [0.717, 1.165) is 11.6 Å². The predicted octanol–water partition coefficient (Wildman–Crippen LogP) is 2.36. The second-order valence-electron chi connectivity index (χ2n) is 3.08. The van der Waals surface area contributed by atoms with Crippen LogP contribution in [-0.2, 0) is 9.59 Å². The Morgan fingerprint density at radius 2 is 1.65 bits per heavy atom. The fourth-order valence-corrected chi connectivity index (χ4v) is 1.24. The van der Waals surface area contributed by atoms with E-state index >= 15 is 0 Å². The highest BCUT2D eigenvalue weighted by molar-refractivity contribution is 6.43. The molecule has 0 heterocycles. The molecule has 17 heavy (non-hydrogen) atoms. The van der Waals surface area contributed by atoms with E-state index in [1.54, 1.807) is 24.3 Å². The third-order valence-corrected chi connectivity index (χ3v) is 2.26. The van der Waals surface area contributed by atoms with E-state index in [0.29, 0.717) is 0 Å². The molecule has 0 aliphatic heterocycles. The summed E-state index contributed by atoms with van der Waals surface area (Å²) in [6.07, 6.45) is 2.64. The summed E-state index contributed by atoms with van der Waals surface area (Å²) in [4.78, 5) is 21.4. The number of carboxylic acids is 2. The molecule has 0 aliphatic rings. The van der Waals surface area contributed by atoms with Crippen molar-refractivity contribution in [2.45, 2.75) is 0 Å². The summed E-state index contributed by atoms with van der Waals surface area (Å²) in [6, 6.07) is 8.88. The molecule has 0 radical (unpaired) electrons. The molecule has 1 aromatic rings. The average Bonchev–Trinajstić information content (AvgIpc) is 2.29. The topological polar surface area (TPSA) is 74.6 Å². The summed E-state index contributed by atoms with van der Waals surface area (Å²) >= 11 is 5.39. The van der Waals surface area contributed by atoms with Gasteiger partial charge in [0.1, 0.15) is 5.03 Å². The highest BCUT2D eigenvalue weighted by Gasteiger charge is 2.15. The minimum atomic E-state index is -1.47. The standard InChI is InChI=1S/C12H9ClO4/c13-10(12(16)17)9(11(14)15)7-6-8-4-2-1-3-5-8/h1-7H,(H,14,15)(H,16,17). The van der Waals surface area contributed by atoms with Crippen molar-refractivity contribution in [1.82, 2.24) is 0 Å². The van der Waals surface area contributed by atoms with Gasteiger partial charge in [0.25, 0.3) is 0 Å². The Balaban J connectivity index is 3.05. The molecular formula is C12H9ClO4. The molecule has 0 spiro atoms. The fourth-order valence-electron chi connectivity index (χ4n) is 1.10.